The van der Waals surface area contributed by atoms with Gasteiger partial charge in [0.05, 0.1) is 12.1 Å². The zero-order valence-electron chi connectivity index (χ0n) is 12.2. The number of hydrogen-bond acceptors (Lipinski definition) is 3. The smallest absolute Gasteiger partial charge is 0.115 e. The summed E-state index contributed by atoms with van der Waals surface area (Å²) in [6.45, 7) is 2.90. The number of anilines is 1. The molecule has 0 radical (unpaired) electrons. The fraction of sp³-hybridized carbons (Fsp3) is 0.333. The van der Waals surface area contributed by atoms with Crippen molar-refractivity contribution >= 4 is 5.69 Å². The highest BCUT2D eigenvalue weighted by Gasteiger charge is 2.41. The number of aromatic hydroxyl groups is 1. The maximum absolute atomic E-state index is 9.86. The molecule has 21 heavy (non-hydrogen) atoms. The van der Waals surface area contributed by atoms with E-state index in [9.17, 15) is 10.2 Å². The fourth-order valence-corrected chi connectivity index (χ4v) is 2.77. The molecule has 1 fully saturated rings. The largest absolute Gasteiger partial charge is 0.508 e. The van der Waals surface area contributed by atoms with Crippen molar-refractivity contribution in [1.82, 2.24) is 0 Å². The molecule has 110 valence electrons. The minimum Gasteiger partial charge on any atom is -0.508 e. The molecular weight excluding hydrogens is 262 g/mol. The number of phenols is 1. The summed E-state index contributed by atoms with van der Waals surface area (Å²) >= 11 is 0. The van der Waals surface area contributed by atoms with Gasteiger partial charge >= 0.3 is 0 Å². The Hall–Kier alpha value is -2.00. The monoisotopic (exact) mass is 283 g/mol. The first-order chi connectivity index (χ1) is 10.2. The molecule has 0 bridgehead atoms. The molecule has 1 aliphatic rings. The van der Waals surface area contributed by atoms with Crippen LogP contribution in [0.25, 0.3) is 0 Å². The third-order valence-electron chi connectivity index (χ3n) is 4.10. The highest BCUT2D eigenvalue weighted by atomic mass is 16.3. The molecule has 2 atom stereocenters. The van der Waals surface area contributed by atoms with E-state index < -0.39 is 0 Å². The van der Waals surface area contributed by atoms with Gasteiger partial charge in [0.25, 0.3) is 0 Å². The third kappa shape index (κ3) is 3.03. The van der Waals surface area contributed by atoms with Gasteiger partial charge in [0, 0.05) is 12.2 Å². The average molecular weight is 283 g/mol. The van der Waals surface area contributed by atoms with Gasteiger partial charge in [-0.3, -0.25) is 0 Å². The first-order valence-corrected chi connectivity index (χ1v) is 7.49. The maximum Gasteiger partial charge on any atom is 0.115 e. The van der Waals surface area contributed by atoms with Crippen LogP contribution < -0.4 is 4.90 Å². The molecule has 0 spiro atoms. The van der Waals surface area contributed by atoms with Gasteiger partial charge in [-0.15, -0.1) is 0 Å². The normalized spacial score (nSPS) is 20.3. The van der Waals surface area contributed by atoms with Crippen LogP contribution in [0.1, 0.15) is 24.5 Å². The lowest BCUT2D eigenvalue weighted by molar-refractivity contribution is 0.269. The summed E-state index contributed by atoms with van der Waals surface area (Å²) in [6, 6.07) is 15.9. The Morgan fingerprint density at radius 2 is 1.76 bits per heavy atom. The van der Waals surface area contributed by atoms with E-state index in [0.29, 0.717) is 0 Å². The molecule has 1 unspecified atom stereocenters. The van der Waals surface area contributed by atoms with Gasteiger partial charge < -0.3 is 15.1 Å². The number of aliphatic hydroxyl groups is 1. The standard InChI is InChI=1S/C18H21NO2/c1-2-14-5-3-4-6-16(14)19(17-11-18(17)21)12-13-7-9-15(20)10-8-13/h3-10,17-18,20-21H,2,11-12H2,1H3/t17-,18?/m0/s1. The SMILES string of the molecule is CCc1ccccc1N(Cc1ccc(O)cc1)[C@H]1CC1O. The fourth-order valence-electron chi connectivity index (χ4n) is 2.77. The van der Waals surface area contributed by atoms with Crippen LogP contribution in [0.5, 0.6) is 5.75 Å². The molecule has 1 aliphatic carbocycles. The molecule has 0 aliphatic heterocycles. The van der Waals surface area contributed by atoms with Crippen molar-refractivity contribution in [3.8, 4) is 5.75 Å². The number of hydrogen-bond donors (Lipinski definition) is 2. The molecular formula is C18H21NO2. The van der Waals surface area contributed by atoms with Gasteiger partial charge in [0.2, 0.25) is 0 Å². The summed E-state index contributed by atoms with van der Waals surface area (Å²) in [5, 5.41) is 19.3. The highest BCUT2D eigenvalue weighted by Crippen LogP contribution is 2.35. The minimum absolute atomic E-state index is 0.200. The van der Waals surface area contributed by atoms with E-state index in [0.717, 1.165) is 24.9 Å². The Morgan fingerprint density at radius 1 is 1.10 bits per heavy atom. The predicted octanol–water partition coefficient (Wildman–Crippen LogP) is 3.09. The van der Waals surface area contributed by atoms with Gasteiger partial charge in [-0.25, -0.2) is 0 Å². The quantitative estimate of drug-likeness (QED) is 0.886. The highest BCUT2D eigenvalue weighted by molar-refractivity contribution is 5.56. The van der Waals surface area contributed by atoms with Crippen LogP contribution in [0, 0.1) is 0 Å². The maximum atomic E-state index is 9.86. The number of phenolic OH excluding ortho intramolecular Hbond substituents is 1. The molecule has 3 rings (SSSR count). The van der Waals surface area contributed by atoms with E-state index in [4.69, 9.17) is 0 Å². The second-order valence-electron chi connectivity index (χ2n) is 5.65. The number of aliphatic hydroxyl groups excluding tert-OH is 1. The van der Waals surface area contributed by atoms with Crippen LogP contribution in [0.4, 0.5) is 5.69 Å². The number of aryl methyl sites for hydroxylation is 1. The molecule has 2 N–H and O–H groups in total. The summed E-state index contributed by atoms with van der Waals surface area (Å²) < 4.78 is 0. The Morgan fingerprint density at radius 3 is 2.38 bits per heavy atom. The van der Waals surface area contributed by atoms with Crippen molar-refractivity contribution in [2.75, 3.05) is 4.90 Å². The lowest BCUT2D eigenvalue weighted by Crippen LogP contribution is -2.28. The van der Waals surface area contributed by atoms with E-state index >= 15 is 0 Å². The molecule has 0 heterocycles. The zero-order chi connectivity index (χ0) is 14.8. The van der Waals surface area contributed by atoms with Gasteiger partial charge in [-0.05, 0) is 42.2 Å². The second-order valence-corrected chi connectivity index (χ2v) is 5.65. The van der Waals surface area contributed by atoms with E-state index in [1.165, 1.54) is 11.3 Å². The molecule has 3 nitrogen and oxygen atoms in total. The first-order valence-electron chi connectivity index (χ1n) is 7.49. The van der Waals surface area contributed by atoms with Crippen molar-refractivity contribution in [2.24, 2.45) is 0 Å². The van der Waals surface area contributed by atoms with Gasteiger partial charge in [-0.1, -0.05) is 37.3 Å². The van der Waals surface area contributed by atoms with Crippen LogP contribution >= 0.6 is 0 Å². The molecule has 0 saturated heterocycles. The van der Waals surface area contributed by atoms with Crippen LogP contribution in [-0.2, 0) is 13.0 Å². The van der Waals surface area contributed by atoms with Crippen molar-refractivity contribution in [3.05, 3.63) is 59.7 Å². The summed E-state index contributed by atoms with van der Waals surface area (Å²) in [5.74, 6) is 0.283. The Bertz CT molecular complexity index is 609. The van der Waals surface area contributed by atoms with Crippen molar-refractivity contribution in [1.29, 1.82) is 0 Å². The third-order valence-corrected chi connectivity index (χ3v) is 4.10. The van der Waals surface area contributed by atoms with Gasteiger partial charge in [-0.2, -0.15) is 0 Å². The molecule has 0 amide bonds. The lowest BCUT2D eigenvalue weighted by Gasteiger charge is -2.27. The topological polar surface area (TPSA) is 43.7 Å². The molecule has 2 aromatic rings. The average Bonchev–Trinajstić information content (AvgIpc) is 3.23. The molecule has 3 heteroatoms. The van der Waals surface area contributed by atoms with E-state index in [1.807, 2.05) is 18.2 Å². The summed E-state index contributed by atoms with van der Waals surface area (Å²) in [7, 11) is 0. The van der Waals surface area contributed by atoms with Crippen molar-refractivity contribution < 1.29 is 10.2 Å². The van der Waals surface area contributed by atoms with Crippen LogP contribution in [-0.4, -0.2) is 22.4 Å². The number of nitrogens with zero attached hydrogens (tertiary/aromatic N) is 1. The van der Waals surface area contributed by atoms with E-state index in [2.05, 4.69) is 30.0 Å². The number of para-hydroxylation sites is 1. The Labute approximate surface area is 125 Å². The Kier molecular flexibility index (Phi) is 3.84. The second kappa shape index (κ2) is 5.78. The minimum atomic E-state index is -0.230. The number of rotatable bonds is 5. The van der Waals surface area contributed by atoms with Crippen molar-refractivity contribution in [3.63, 3.8) is 0 Å². The van der Waals surface area contributed by atoms with Gasteiger partial charge in [0.15, 0.2) is 0 Å². The van der Waals surface area contributed by atoms with Crippen LogP contribution in [0.3, 0.4) is 0 Å². The first kappa shape index (κ1) is 14.0. The van der Waals surface area contributed by atoms with E-state index in [1.54, 1.807) is 12.1 Å². The lowest BCUT2D eigenvalue weighted by atomic mass is 10.1. The summed E-state index contributed by atoms with van der Waals surface area (Å²) in [4.78, 5) is 2.29. The van der Waals surface area contributed by atoms with Gasteiger partial charge in [0.1, 0.15) is 5.75 Å². The number of benzene rings is 2. The van der Waals surface area contributed by atoms with Crippen LogP contribution in [0.2, 0.25) is 0 Å². The summed E-state index contributed by atoms with van der Waals surface area (Å²) in [5.41, 5.74) is 3.64. The van der Waals surface area contributed by atoms with Crippen LogP contribution in [0.15, 0.2) is 48.5 Å². The predicted molar refractivity (Wildman–Crippen MR) is 84.5 cm³/mol. The molecule has 2 aromatic carbocycles. The molecule has 0 aromatic heterocycles. The molecule has 1 saturated carbocycles. The Balaban J connectivity index is 1.89. The zero-order valence-corrected chi connectivity index (χ0v) is 12.2. The van der Waals surface area contributed by atoms with Crippen molar-refractivity contribution in [2.45, 2.75) is 38.5 Å². The summed E-state index contributed by atoms with van der Waals surface area (Å²) in [6.07, 6.45) is 1.58. The van der Waals surface area contributed by atoms with E-state index in [-0.39, 0.29) is 17.9 Å².